The monoisotopic (exact) mass is 404 g/mol. The van der Waals surface area contributed by atoms with Crippen molar-refractivity contribution in [3.05, 3.63) is 65.7 Å². The van der Waals surface area contributed by atoms with Crippen molar-refractivity contribution in [3.8, 4) is 0 Å². The van der Waals surface area contributed by atoms with Crippen molar-refractivity contribution in [1.82, 2.24) is 5.32 Å². The molecule has 0 bridgehead atoms. The van der Waals surface area contributed by atoms with Crippen LogP contribution in [0.1, 0.15) is 81.8 Å². The first kappa shape index (κ1) is 22.1. The van der Waals surface area contributed by atoms with Crippen molar-refractivity contribution in [2.45, 2.75) is 76.7 Å². The van der Waals surface area contributed by atoms with E-state index in [-0.39, 0.29) is 11.9 Å². The summed E-state index contributed by atoms with van der Waals surface area (Å²) in [6.07, 6.45) is 15.8. The molecule has 0 unspecified atom stereocenters. The van der Waals surface area contributed by atoms with Gasteiger partial charge in [-0.05, 0) is 42.2 Å². The Morgan fingerprint density at radius 1 is 0.767 bits per heavy atom. The summed E-state index contributed by atoms with van der Waals surface area (Å²) in [5.74, 6) is 0.0233. The zero-order chi connectivity index (χ0) is 21.0. The molecule has 3 nitrogen and oxygen atoms in total. The fraction of sp³-hybridized carbons (Fsp3) is 0.444. The molecule has 1 saturated carbocycles. The molecule has 1 fully saturated rings. The first-order chi connectivity index (χ1) is 14.7. The molecule has 0 radical (unpaired) electrons. The molecule has 160 valence electrons. The van der Waals surface area contributed by atoms with Crippen LogP contribution in [0.15, 0.2) is 54.6 Å². The number of amides is 1. The van der Waals surface area contributed by atoms with E-state index in [0.29, 0.717) is 5.57 Å². The highest BCUT2D eigenvalue weighted by molar-refractivity contribution is 6.24. The van der Waals surface area contributed by atoms with Gasteiger partial charge in [0.25, 0.3) is 5.91 Å². The number of anilines is 1. The fourth-order valence-corrected chi connectivity index (χ4v) is 4.23. The van der Waals surface area contributed by atoms with E-state index in [2.05, 4.69) is 5.32 Å². The number of rotatable bonds is 4. The zero-order valence-electron chi connectivity index (χ0n) is 18.1. The maximum Gasteiger partial charge on any atom is 0.252 e. The van der Waals surface area contributed by atoms with Crippen LogP contribution in [0.4, 0.5) is 5.69 Å². The molecular formula is C27H36N2O. The number of carbonyl (C=O) groups is 1. The average Bonchev–Trinajstić information content (AvgIpc) is 2.76. The number of nitrogens with one attached hydrogen (secondary N) is 1. The third kappa shape index (κ3) is 7.37. The lowest BCUT2D eigenvalue weighted by molar-refractivity contribution is -0.116. The van der Waals surface area contributed by atoms with Crippen molar-refractivity contribution in [2.75, 3.05) is 5.73 Å². The quantitative estimate of drug-likeness (QED) is 0.343. The SMILES string of the molecule is Nc1ccc(C=C(C(=O)NC2CCCCCCCCCCC2)c2ccccc2)cc1. The third-order valence-electron chi connectivity index (χ3n) is 6.02. The maximum absolute atomic E-state index is 13.4. The first-order valence-corrected chi connectivity index (χ1v) is 11.7. The maximum atomic E-state index is 13.4. The number of carbonyl (C=O) groups excluding carboxylic acids is 1. The van der Waals surface area contributed by atoms with Gasteiger partial charge in [0.1, 0.15) is 0 Å². The molecule has 0 aromatic heterocycles. The Morgan fingerprint density at radius 3 is 1.87 bits per heavy atom. The summed E-state index contributed by atoms with van der Waals surface area (Å²) in [5.41, 5.74) is 9.19. The lowest BCUT2D eigenvalue weighted by Gasteiger charge is -2.21. The van der Waals surface area contributed by atoms with Gasteiger partial charge in [-0.3, -0.25) is 4.79 Å². The molecule has 0 aliphatic heterocycles. The number of hydrogen-bond acceptors (Lipinski definition) is 2. The van der Waals surface area contributed by atoms with E-state index in [1.165, 1.54) is 57.8 Å². The minimum Gasteiger partial charge on any atom is -0.399 e. The van der Waals surface area contributed by atoms with Crippen molar-refractivity contribution < 1.29 is 4.79 Å². The molecule has 2 aromatic rings. The summed E-state index contributed by atoms with van der Waals surface area (Å²) >= 11 is 0. The number of nitrogen functional groups attached to an aromatic ring is 1. The van der Waals surface area contributed by atoms with Crippen molar-refractivity contribution in [1.29, 1.82) is 0 Å². The second kappa shape index (κ2) is 12.2. The van der Waals surface area contributed by atoms with E-state index < -0.39 is 0 Å². The van der Waals surface area contributed by atoms with E-state index in [0.717, 1.165) is 29.7 Å². The highest BCUT2D eigenvalue weighted by Gasteiger charge is 2.17. The van der Waals surface area contributed by atoms with Gasteiger partial charge in [-0.25, -0.2) is 0 Å². The molecule has 3 N–H and O–H groups in total. The molecular weight excluding hydrogens is 368 g/mol. The second-order valence-electron chi connectivity index (χ2n) is 8.52. The molecule has 1 aliphatic rings. The van der Waals surface area contributed by atoms with E-state index in [4.69, 9.17) is 5.73 Å². The topological polar surface area (TPSA) is 55.1 Å². The largest absolute Gasteiger partial charge is 0.399 e. The van der Waals surface area contributed by atoms with E-state index in [1.54, 1.807) is 0 Å². The van der Waals surface area contributed by atoms with E-state index in [1.807, 2.05) is 60.7 Å². The Bertz CT molecular complexity index is 783. The van der Waals surface area contributed by atoms with E-state index >= 15 is 0 Å². The number of benzene rings is 2. The summed E-state index contributed by atoms with van der Waals surface area (Å²) in [7, 11) is 0. The Morgan fingerprint density at radius 2 is 1.30 bits per heavy atom. The van der Waals surface area contributed by atoms with Gasteiger partial charge >= 0.3 is 0 Å². The molecule has 2 aromatic carbocycles. The Labute approximate surface area is 181 Å². The molecule has 0 heterocycles. The van der Waals surface area contributed by atoms with Crippen LogP contribution in [0.5, 0.6) is 0 Å². The summed E-state index contributed by atoms with van der Waals surface area (Å²) in [4.78, 5) is 13.4. The predicted octanol–water partition coefficient (Wildman–Crippen LogP) is 6.60. The molecule has 3 heteroatoms. The van der Waals surface area contributed by atoms with Gasteiger partial charge in [0.05, 0.1) is 0 Å². The van der Waals surface area contributed by atoms with Crippen LogP contribution >= 0.6 is 0 Å². The van der Waals surface area contributed by atoms with Gasteiger partial charge in [0.15, 0.2) is 0 Å². The van der Waals surface area contributed by atoms with Crippen molar-refractivity contribution in [2.24, 2.45) is 0 Å². The van der Waals surface area contributed by atoms with Gasteiger partial charge in [-0.1, -0.05) is 100 Å². The lowest BCUT2D eigenvalue weighted by atomic mass is 9.96. The van der Waals surface area contributed by atoms with Crippen LogP contribution in [0.25, 0.3) is 11.6 Å². The average molecular weight is 405 g/mol. The molecule has 3 rings (SSSR count). The Balaban J connectivity index is 1.74. The minimum absolute atomic E-state index is 0.0233. The van der Waals surface area contributed by atoms with Crippen LogP contribution in [0.3, 0.4) is 0 Å². The molecule has 0 atom stereocenters. The van der Waals surface area contributed by atoms with Gasteiger partial charge < -0.3 is 11.1 Å². The standard InChI is InChI=1S/C27H36N2O/c28-24-19-17-22(18-20-24)21-26(23-13-9-8-10-14-23)27(30)29-25-15-11-6-4-2-1-3-5-7-12-16-25/h8-10,13-14,17-21,25H,1-7,11-12,15-16,28H2,(H,29,30). The highest BCUT2D eigenvalue weighted by Crippen LogP contribution is 2.22. The van der Waals surface area contributed by atoms with Crippen LogP contribution < -0.4 is 11.1 Å². The van der Waals surface area contributed by atoms with Crippen molar-refractivity contribution >= 4 is 23.2 Å². The molecule has 0 saturated heterocycles. The third-order valence-corrected chi connectivity index (χ3v) is 6.02. The van der Waals surface area contributed by atoms with Gasteiger partial charge in [-0.15, -0.1) is 0 Å². The minimum atomic E-state index is 0.0233. The molecule has 0 spiro atoms. The smallest absolute Gasteiger partial charge is 0.252 e. The summed E-state index contributed by atoms with van der Waals surface area (Å²) < 4.78 is 0. The van der Waals surface area contributed by atoms with Crippen LogP contribution in [-0.4, -0.2) is 11.9 Å². The molecule has 1 amide bonds. The first-order valence-electron chi connectivity index (χ1n) is 11.7. The number of nitrogens with two attached hydrogens (primary N) is 1. The van der Waals surface area contributed by atoms with Crippen LogP contribution in [0.2, 0.25) is 0 Å². The fourth-order valence-electron chi connectivity index (χ4n) is 4.23. The molecule has 30 heavy (non-hydrogen) atoms. The van der Waals surface area contributed by atoms with Crippen LogP contribution in [0, 0.1) is 0 Å². The normalized spacial score (nSPS) is 17.5. The van der Waals surface area contributed by atoms with Crippen molar-refractivity contribution in [3.63, 3.8) is 0 Å². The summed E-state index contributed by atoms with van der Waals surface area (Å²) in [6.45, 7) is 0. The molecule has 1 aliphatic carbocycles. The summed E-state index contributed by atoms with van der Waals surface area (Å²) in [5, 5.41) is 3.37. The summed E-state index contributed by atoms with van der Waals surface area (Å²) in [6, 6.07) is 17.9. The highest BCUT2D eigenvalue weighted by atomic mass is 16.1. The second-order valence-corrected chi connectivity index (χ2v) is 8.52. The van der Waals surface area contributed by atoms with Gasteiger partial charge in [-0.2, -0.15) is 0 Å². The lowest BCUT2D eigenvalue weighted by Crippen LogP contribution is -2.35. The van der Waals surface area contributed by atoms with Gasteiger partial charge in [0.2, 0.25) is 0 Å². The zero-order valence-corrected chi connectivity index (χ0v) is 18.1. The van der Waals surface area contributed by atoms with E-state index in [9.17, 15) is 4.79 Å². The van der Waals surface area contributed by atoms with Crippen LogP contribution in [-0.2, 0) is 4.79 Å². The Kier molecular flexibility index (Phi) is 9.02. The number of hydrogen-bond donors (Lipinski definition) is 2. The predicted molar refractivity (Wildman–Crippen MR) is 128 cm³/mol. The Hall–Kier alpha value is -2.55. The van der Waals surface area contributed by atoms with Gasteiger partial charge in [0, 0.05) is 17.3 Å².